The lowest BCUT2D eigenvalue weighted by Gasteiger charge is -2.33. The minimum absolute atomic E-state index is 0.0451. The Kier molecular flexibility index (Phi) is 12.4. The number of benzene rings is 3. The summed E-state index contributed by atoms with van der Waals surface area (Å²) in [4.78, 5) is 28.7. The highest BCUT2D eigenvalue weighted by atomic mass is 32.2. The van der Waals surface area contributed by atoms with Gasteiger partial charge in [0.05, 0.1) is 24.3 Å². The maximum atomic E-state index is 14.1. The van der Waals surface area contributed by atoms with Crippen LogP contribution in [0.25, 0.3) is 0 Å². The van der Waals surface area contributed by atoms with Crippen molar-refractivity contribution in [1.82, 2.24) is 10.2 Å². The third-order valence-electron chi connectivity index (χ3n) is 6.82. The van der Waals surface area contributed by atoms with Crippen LogP contribution < -0.4 is 19.1 Å². The second kappa shape index (κ2) is 15.9. The Morgan fingerprint density at radius 1 is 0.953 bits per heavy atom. The highest BCUT2D eigenvalue weighted by Crippen LogP contribution is 2.27. The zero-order valence-electron chi connectivity index (χ0n) is 25.1. The van der Waals surface area contributed by atoms with Crippen LogP contribution in [0.3, 0.4) is 0 Å². The molecule has 11 heteroatoms. The number of sulfonamides is 1. The highest BCUT2D eigenvalue weighted by Gasteiger charge is 2.33. The molecular weight excluding hydrogens is 573 g/mol. The predicted octanol–water partition coefficient (Wildman–Crippen LogP) is 5.15. The molecule has 0 radical (unpaired) electrons. The van der Waals surface area contributed by atoms with Crippen molar-refractivity contribution in [3.05, 3.63) is 84.2 Å². The van der Waals surface area contributed by atoms with Crippen molar-refractivity contribution in [3.63, 3.8) is 0 Å². The molecule has 3 aromatic rings. The van der Waals surface area contributed by atoms with E-state index in [1.165, 1.54) is 12.0 Å². The molecule has 0 aliphatic rings. The lowest BCUT2D eigenvalue weighted by Crippen LogP contribution is -2.52. The molecule has 0 aliphatic heterocycles. The van der Waals surface area contributed by atoms with Crippen LogP contribution in [0.1, 0.15) is 45.6 Å². The van der Waals surface area contributed by atoms with E-state index in [4.69, 9.17) is 9.47 Å². The molecule has 3 aromatic carbocycles. The summed E-state index contributed by atoms with van der Waals surface area (Å²) >= 11 is 0. The Hall–Kier alpha value is -4.12. The lowest BCUT2D eigenvalue weighted by atomic mass is 10.1. The van der Waals surface area contributed by atoms with E-state index < -0.39 is 34.3 Å². The summed E-state index contributed by atoms with van der Waals surface area (Å²) in [6.07, 6.45) is 1.98. The molecule has 43 heavy (non-hydrogen) atoms. The van der Waals surface area contributed by atoms with Crippen molar-refractivity contribution in [3.8, 4) is 11.5 Å². The quantitative estimate of drug-likeness (QED) is 0.224. The minimum Gasteiger partial charge on any atom is -0.497 e. The third-order valence-corrected chi connectivity index (χ3v) is 8.61. The second-order valence-electron chi connectivity index (χ2n) is 9.83. The van der Waals surface area contributed by atoms with E-state index in [2.05, 4.69) is 5.32 Å². The SMILES string of the molecule is CCCCNC(=O)C(CC)N(Cc1cccc(OC)c1)C(=O)CN(c1ccc(OCC)cc1)S(=O)(=O)c1ccc(F)cc1. The number of carbonyl (C=O) groups excluding carboxylic acids is 2. The maximum absolute atomic E-state index is 14.1. The predicted molar refractivity (Wildman–Crippen MR) is 164 cm³/mol. The van der Waals surface area contributed by atoms with Crippen molar-refractivity contribution < 1.29 is 31.9 Å². The summed E-state index contributed by atoms with van der Waals surface area (Å²) in [5.41, 5.74) is 0.921. The van der Waals surface area contributed by atoms with Crippen molar-refractivity contribution in [2.75, 3.05) is 31.1 Å². The van der Waals surface area contributed by atoms with Crippen molar-refractivity contribution in [1.29, 1.82) is 0 Å². The van der Waals surface area contributed by atoms with Gasteiger partial charge in [0.25, 0.3) is 10.0 Å². The van der Waals surface area contributed by atoms with Crippen LogP contribution in [-0.2, 0) is 26.2 Å². The first-order valence-electron chi connectivity index (χ1n) is 14.4. The Balaban J connectivity index is 2.05. The summed E-state index contributed by atoms with van der Waals surface area (Å²) in [5.74, 6) is -0.375. The van der Waals surface area contributed by atoms with Gasteiger partial charge in [-0.15, -0.1) is 0 Å². The van der Waals surface area contributed by atoms with E-state index in [1.54, 1.807) is 49.4 Å². The molecule has 0 aromatic heterocycles. The smallest absolute Gasteiger partial charge is 0.264 e. The molecule has 1 atom stereocenters. The number of nitrogens with zero attached hydrogens (tertiary/aromatic N) is 2. The zero-order valence-corrected chi connectivity index (χ0v) is 25.9. The van der Waals surface area contributed by atoms with Gasteiger partial charge in [-0.2, -0.15) is 0 Å². The monoisotopic (exact) mass is 613 g/mol. The van der Waals surface area contributed by atoms with Crippen molar-refractivity contribution in [2.24, 2.45) is 0 Å². The first-order valence-corrected chi connectivity index (χ1v) is 15.8. The topological polar surface area (TPSA) is 105 Å². The number of carbonyl (C=O) groups is 2. The molecule has 1 N–H and O–H groups in total. The minimum atomic E-state index is -4.32. The van der Waals surface area contributed by atoms with Gasteiger partial charge in [-0.3, -0.25) is 13.9 Å². The Morgan fingerprint density at radius 2 is 1.65 bits per heavy atom. The van der Waals surface area contributed by atoms with Gasteiger partial charge in [-0.05, 0) is 86.0 Å². The molecule has 3 rings (SSSR count). The Bertz CT molecular complexity index is 1450. The standard InChI is InChI=1S/C32H40FN3O6S/c1-5-8-20-34-32(38)30(6-2)35(22-24-10-9-11-28(21-24)41-4)31(37)23-36(26-14-16-27(17-15-26)42-7-3)43(39,40)29-18-12-25(33)13-19-29/h9-19,21,30H,5-8,20,22-23H2,1-4H3,(H,34,38). The van der Waals surface area contributed by atoms with Gasteiger partial charge in [0.2, 0.25) is 11.8 Å². The number of methoxy groups -OCH3 is 1. The van der Waals surface area contributed by atoms with E-state index >= 15 is 0 Å². The van der Waals surface area contributed by atoms with Crippen LogP contribution in [0.2, 0.25) is 0 Å². The van der Waals surface area contributed by atoms with E-state index in [-0.39, 0.29) is 23.0 Å². The molecule has 9 nitrogen and oxygen atoms in total. The van der Waals surface area contributed by atoms with E-state index in [0.717, 1.165) is 41.4 Å². The molecular formula is C32H40FN3O6S. The van der Waals surface area contributed by atoms with Crippen LogP contribution in [0.15, 0.2) is 77.7 Å². The molecule has 0 saturated heterocycles. The number of amides is 2. The van der Waals surface area contributed by atoms with Crippen molar-refractivity contribution >= 4 is 27.5 Å². The van der Waals surface area contributed by atoms with Crippen LogP contribution in [0.5, 0.6) is 11.5 Å². The molecule has 0 fully saturated rings. The summed E-state index contributed by atoms with van der Waals surface area (Å²) in [5, 5.41) is 2.90. The second-order valence-corrected chi connectivity index (χ2v) is 11.7. The number of rotatable bonds is 16. The average Bonchev–Trinajstić information content (AvgIpc) is 3.00. The number of unbranched alkanes of at least 4 members (excludes halogenated alkanes) is 1. The fraction of sp³-hybridized carbons (Fsp3) is 0.375. The average molecular weight is 614 g/mol. The molecule has 0 heterocycles. The van der Waals surface area contributed by atoms with Gasteiger partial charge in [0, 0.05) is 13.1 Å². The molecule has 0 spiro atoms. The van der Waals surface area contributed by atoms with E-state index in [1.807, 2.05) is 19.9 Å². The van der Waals surface area contributed by atoms with Gasteiger partial charge in [0.1, 0.15) is 29.9 Å². The number of nitrogens with one attached hydrogen (secondary N) is 1. The van der Waals surface area contributed by atoms with Gasteiger partial charge in [-0.25, -0.2) is 12.8 Å². The van der Waals surface area contributed by atoms with Crippen LogP contribution in [-0.4, -0.2) is 58.0 Å². The summed E-state index contributed by atoms with van der Waals surface area (Å²) < 4.78 is 53.3. The number of ether oxygens (including phenoxy) is 2. The van der Waals surface area contributed by atoms with Gasteiger partial charge in [-0.1, -0.05) is 32.4 Å². The van der Waals surface area contributed by atoms with E-state index in [0.29, 0.717) is 36.6 Å². The molecule has 232 valence electrons. The molecule has 0 aliphatic carbocycles. The largest absolute Gasteiger partial charge is 0.497 e. The lowest BCUT2D eigenvalue weighted by molar-refractivity contribution is -0.140. The molecule has 1 unspecified atom stereocenters. The fourth-order valence-corrected chi connectivity index (χ4v) is 5.95. The van der Waals surface area contributed by atoms with Gasteiger partial charge >= 0.3 is 0 Å². The highest BCUT2D eigenvalue weighted by molar-refractivity contribution is 7.92. The normalized spacial score (nSPS) is 11.8. The molecule has 0 saturated carbocycles. The Labute approximate surface area is 253 Å². The van der Waals surface area contributed by atoms with E-state index in [9.17, 15) is 22.4 Å². The molecule has 0 bridgehead atoms. The van der Waals surface area contributed by atoms with Gasteiger partial charge in [0.15, 0.2) is 0 Å². The van der Waals surface area contributed by atoms with Crippen LogP contribution in [0.4, 0.5) is 10.1 Å². The van der Waals surface area contributed by atoms with Crippen LogP contribution in [0, 0.1) is 5.82 Å². The van der Waals surface area contributed by atoms with Crippen LogP contribution >= 0.6 is 0 Å². The Morgan fingerprint density at radius 3 is 2.26 bits per heavy atom. The number of hydrogen-bond donors (Lipinski definition) is 1. The zero-order chi connectivity index (χ0) is 31.4. The number of anilines is 1. The fourth-order valence-electron chi connectivity index (χ4n) is 4.53. The maximum Gasteiger partial charge on any atom is 0.264 e. The third kappa shape index (κ3) is 8.93. The van der Waals surface area contributed by atoms with Gasteiger partial charge < -0.3 is 19.7 Å². The first kappa shape index (κ1) is 33.4. The number of hydrogen-bond acceptors (Lipinski definition) is 6. The first-order chi connectivity index (χ1) is 20.6. The summed E-state index contributed by atoms with van der Waals surface area (Å²) in [7, 11) is -2.79. The summed E-state index contributed by atoms with van der Waals surface area (Å²) in [6.45, 7) is 5.98. The molecule has 2 amide bonds. The number of halogens is 1. The van der Waals surface area contributed by atoms with Crippen molar-refractivity contribution in [2.45, 2.75) is 57.5 Å². The summed E-state index contributed by atoms with van der Waals surface area (Å²) in [6, 6.07) is 17.0.